The minimum Gasteiger partial charge on any atom is -0.497 e. The quantitative estimate of drug-likeness (QED) is 0.710. The molecule has 0 saturated carbocycles. The molecule has 0 fully saturated rings. The van der Waals surface area contributed by atoms with Gasteiger partial charge in [-0.05, 0) is 42.8 Å². The van der Waals surface area contributed by atoms with Gasteiger partial charge in [-0.25, -0.2) is 18.4 Å². The van der Waals surface area contributed by atoms with Crippen LogP contribution in [0.4, 0.5) is 0 Å². The van der Waals surface area contributed by atoms with Crippen LogP contribution >= 0.6 is 0 Å². The summed E-state index contributed by atoms with van der Waals surface area (Å²) in [5.74, 6) is 0.526. The average Bonchev–Trinajstić information content (AvgIpc) is 2.66. The summed E-state index contributed by atoms with van der Waals surface area (Å²) in [7, 11) is -2.06. The van der Waals surface area contributed by atoms with E-state index in [0.717, 1.165) is 22.3 Å². The predicted octanol–water partition coefficient (Wildman–Crippen LogP) is 2.69. The lowest BCUT2D eigenvalue weighted by atomic mass is 10.1. The summed E-state index contributed by atoms with van der Waals surface area (Å²) < 4.78 is 32.7. The van der Waals surface area contributed by atoms with Gasteiger partial charge >= 0.3 is 0 Å². The number of nitrogens with zero attached hydrogens (tertiary/aromatic N) is 3. The molecule has 134 valence electrons. The highest BCUT2D eigenvalue weighted by Crippen LogP contribution is 2.27. The topological polar surface area (TPSA) is 72.4 Å². The maximum Gasteiger partial charge on any atom is 0.243 e. The van der Waals surface area contributed by atoms with E-state index in [4.69, 9.17) is 4.74 Å². The molecule has 26 heavy (non-hydrogen) atoms. The van der Waals surface area contributed by atoms with E-state index in [2.05, 4.69) is 9.97 Å². The number of ether oxygens (including phenoxy) is 1. The Morgan fingerprint density at radius 3 is 2.77 bits per heavy atom. The Labute approximate surface area is 152 Å². The van der Waals surface area contributed by atoms with Crippen LogP contribution < -0.4 is 4.74 Å². The molecular formula is C19H19N3O3S. The van der Waals surface area contributed by atoms with Gasteiger partial charge in [-0.3, -0.25) is 0 Å². The molecule has 1 aliphatic heterocycles. The molecule has 7 heteroatoms. The fraction of sp³-hybridized carbons (Fsp3) is 0.263. The van der Waals surface area contributed by atoms with Gasteiger partial charge in [0.15, 0.2) is 5.65 Å². The summed E-state index contributed by atoms with van der Waals surface area (Å²) in [6.45, 7) is 2.64. The van der Waals surface area contributed by atoms with Crippen molar-refractivity contribution in [3.05, 3.63) is 59.4 Å². The fourth-order valence-electron chi connectivity index (χ4n) is 3.20. The summed E-state index contributed by atoms with van der Waals surface area (Å²) in [5, 5.41) is 0.926. The Balaban J connectivity index is 1.70. The molecule has 0 radical (unpaired) electrons. The Morgan fingerprint density at radius 2 is 1.96 bits per heavy atom. The average molecular weight is 369 g/mol. The van der Waals surface area contributed by atoms with E-state index in [1.54, 1.807) is 24.3 Å². The van der Waals surface area contributed by atoms with Gasteiger partial charge in [0.25, 0.3) is 0 Å². The van der Waals surface area contributed by atoms with Crippen LogP contribution in [0.2, 0.25) is 0 Å². The molecule has 2 aromatic heterocycles. The van der Waals surface area contributed by atoms with Crippen LogP contribution in [0, 0.1) is 6.92 Å². The van der Waals surface area contributed by atoms with E-state index >= 15 is 0 Å². The highest BCUT2D eigenvalue weighted by Gasteiger charge is 2.29. The number of hydrogen-bond acceptors (Lipinski definition) is 5. The first-order valence-electron chi connectivity index (χ1n) is 8.38. The fourth-order valence-corrected chi connectivity index (χ4v) is 4.65. The maximum atomic E-state index is 13.0. The molecule has 0 bridgehead atoms. The third-order valence-corrected chi connectivity index (χ3v) is 6.45. The lowest BCUT2D eigenvalue weighted by Crippen LogP contribution is -2.36. The largest absolute Gasteiger partial charge is 0.497 e. The first-order chi connectivity index (χ1) is 12.5. The molecule has 0 atom stereocenters. The van der Waals surface area contributed by atoms with Crippen molar-refractivity contribution in [2.45, 2.75) is 24.8 Å². The molecule has 0 spiro atoms. The third-order valence-electron chi connectivity index (χ3n) is 4.61. The highest BCUT2D eigenvalue weighted by molar-refractivity contribution is 7.89. The van der Waals surface area contributed by atoms with Crippen LogP contribution in [-0.2, 0) is 23.0 Å². The molecule has 0 aliphatic carbocycles. The van der Waals surface area contributed by atoms with Gasteiger partial charge in [-0.15, -0.1) is 0 Å². The number of aryl methyl sites for hydroxylation is 1. The minimum atomic E-state index is -3.59. The SMILES string of the molecule is COc1cccc(S(=O)(=O)N2CCc3nc4nc(C)ccc4cc3C2)c1. The Kier molecular flexibility index (Phi) is 4.13. The van der Waals surface area contributed by atoms with Crippen LogP contribution in [0.1, 0.15) is 17.0 Å². The molecule has 1 aliphatic rings. The van der Waals surface area contributed by atoms with Crippen molar-refractivity contribution in [3.8, 4) is 5.75 Å². The molecule has 4 rings (SSSR count). The number of sulfonamides is 1. The molecule has 3 aromatic rings. The number of rotatable bonds is 3. The van der Waals surface area contributed by atoms with Gasteiger partial charge in [0, 0.05) is 42.4 Å². The smallest absolute Gasteiger partial charge is 0.243 e. The Hall–Kier alpha value is -2.51. The Morgan fingerprint density at radius 1 is 1.12 bits per heavy atom. The van der Waals surface area contributed by atoms with Crippen LogP contribution in [0.3, 0.4) is 0 Å². The van der Waals surface area contributed by atoms with Gasteiger partial charge < -0.3 is 4.74 Å². The van der Waals surface area contributed by atoms with Gasteiger partial charge in [-0.1, -0.05) is 6.07 Å². The summed E-state index contributed by atoms with van der Waals surface area (Å²) in [6.07, 6.45) is 0.574. The molecule has 0 saturated heterocycles. The zero-order chi connectivity index (χ0) is 18.3. The summed E-state index contributed by atoms with van der Waals surface area (Å²) in [5.41, 5.74) is 3.49. The summed E-state index contributed by atoms with van der Waals surface area (Å²) in [6, 6.07) is 12.5. The van der Waals surface area contributed by atoms with E-state index in [9.17, 15) is 8.42 Å². The molecule has 0 N–H and O–H groups in total. The van der Waals surface area contributed by atoms with Crippen molar-refractivity contribution in [2.24, 2.45) is 0 Å². The van der Waals surface area contributed by atoms with Crippen molar-refractivity contribution in [3.63, 3.8) is 0 Å². The van der Waals surface area contributed by atoms with E-state index < -0.39 is 10.0 Å². The third kappa shape index (κ3) is 2.93. The molecule has 0 unspecified atom stereocenters. The lowest BCUT2D eigenvalue weighted by molar-refractivity contribution is 0.387. The number of pyridine rings is 2. The highest BCUT2D eigenvalue weighted by atomic mass is 32.2. The number of aromatic nitrogens is 2. The second-order valence-electron chi connectivity index (χ2n) is 6.36. The van der Waals surface area contributed by atoms with Crippen LogP contribution in [0.25, 0.3) is 11.0 Å². The van der Waals surface area contributed by atoms with Crippen molar-refractivity contribution in [1.82, 2.24) is 14.3 Å². The first-order valence-corrected chi connectivity index (χ1v) is 9.82. The van der Waals surface area contributed by atoms with Gasteiger partial charge in [0.1, 0.15) is 5.75 Å². The number of hydrogen-bond donors (Lipinski definition) is 0. The lowest BCUT2D eigenvalue weighted by Gasteiger charge is -2.27. The molecule has 0 amide bonds. The zero-order valence-electron chi connectivity index (χ0n) is 14.6. The van der Waals surface area contributed by atoms with Crippen LogP contribution in [-0.4, -0.2) is 36.3 Å². The van der Waals surface area contributed by atoms with E-state index in [-0.39, 0.29) is 4.90 Å². The van der Waals surface area contributed by atoms with Crippen LogP contribution in [0.15, 0.2) is 47.4 Å². The van der Waals surface area contributed by atoms with Crippen molar-refractivity contribution < 1.29 is 13.2 Å². The second-order valence-corrected chi connectivity index (χ2v) is 8.30. The second kappa shape index (κ2) is 6.34. The molecule has 3 heterocycles. The van der Waals surface area contributed by atoms with Crippen molar-refractivity contribution >= 4 is 21.1 Å². The monoisotopic (exact) mass is 369 g/mol. The standard InChI is InChI=1S/C19H19N3O3S/c1-13-6-7-14-10-15-12-22(9-8-18(15)21-19(14)20-13)26(23,24)17-5-3-4-16(11-17)25-2/h3-7,10-11H,8-9,12H2,1-2H3. The van der Waals surface area contributed by atoms with E-state index in [1.165, 1.54) is 11.4 Å². The van der Waals surface area contributed by atoms with E-state index in [0.29, 0.717) is 30.9 Å². The number of methoxy groups -OCH3 is 1. The minimum absolute atomic E-state index is 0.242. The first kappa shape index (κ1) is 16.9. The normalized spacial score (nSPS) is 15.0. The van der Waals surface area contributed by atoms with Gasteiger partial charge in [0.2, 0.25) is 10.0 Å². The predicted molar refractivity (Wildman–Crippen MR) is 98.6 cm³/mol. The summed E-state index contributed by atoms with van der Waals surface area (Å²) >= 11 is 0. The van der Waals surface area contributed by atoms with E-state index in [1.807, 2.05) is 25.1 Å². The number of benzene rings is 1. The number of fused-ring (bicyclic) bond motifs is 2. The van der Waals surface area contributed by atoms with Gasteiger partial charge in [0.05, 0.1) is 12.0 Å². The Bertz CT molecular complexity index is 1100. The van der Waals surface area contributed by atoms with Crippen molar-refractivity contribution in [2.75, 3.05) is 13.7 Å². The van der Waals surface area contributed by atoms with Crippen molar-refractivity contribution in [1.29, 1.82) is 0 Å². The molecule has 1 aromatic carbocycles. The van der Waals surface area contributed by atoms with Crippen LogP contribution in [0.5, 0.6) is 5.75 Å². The zero-order valence-corrected chi connectivity index (χ0v) is 15.5. The van der Waals surface area contributed by atoms with Gasteiger partial charge in [-0.2, -0.15) is 4.31 Å². The molecular weight excluding hydrogens is 350 g/mol. The maximum absolute atomic E-state index is 13.0. The summed E-state index contributed by atoms with van der Waals surface area (Å²) in [4.78, 5) is 9.34. The molecule has 6 nitrogen and oxygen atoms in total.